The average molecular weight is 601 g/mol. The van der Waals surface area contributed by atoms with Gasteiger partial charge in [-0.1, -0.05) is 112 Å². The topological polar surface area (TPSA) is 57.2 Å². The van der Waals surface area contributed by atoms with Crippen LogP contribution < -0.4 is 10.4 Å². The fourth-order valence-corrected chi connectivity index (χ4v) is 12.8. The van der Waals surface area contributed by atoms with Crippen molar-refractivity contribution >= 4 is 18.7 Å². The monoisotopic (exact) mass is 600 g/mol. The maximum absolute atomic E-state index is 10.9. The highest BCUT2D eigenvalue weighted by atomic mass is 28.4. The first-order chi connectivity index (χ1) is 20.8. The van der Waals surface area contributed by atoms with Crippen LogP contribution in [-0.2, 0) is 25.1 Å². The van der Waals surface area contributed by atoms with Crippen LogP contribution in [0.5, 0.6) is 0 Å². The molecule has 43 heavy (non-hydrogen) atoms. The molecule has 0 radical (unpaired) electrons. The summed E-state index contributed by atoms with van der Waals surface area (Å²) in [6, 6.07) is 32.4. The van der Waals surface area contributed by atoms with Gasteiger partial charge in [0.25, 0.3) is 8.32 Å². The van der Waals surface area contributed by atoms with Gasteiger partial charge in [-0.3, -0.25) is 0 Å². The van der Waals surface area contributed by atoms with E-state index in [0.29, 0.717) is 19.6 Å². The van der Waals surface area contributed by atoms with Gasteiger partial charge in [-0.15, -0.1) is 0 Å². The molecule has 0 spiro atoms. The van der Waals surface area contributed by atoms with Crippen molar-refractivity contribution < 1.29 is 23.7 Å². The van der Waals surface area contributed by atoms with Gasteiger partial charge in [-0.25, -0.2) is 0 Å². The first kappa shape index (κ1) is 30.7. The third-order valence-electron chi connectivity index (χ3n) is 10.2. The molecule has 230 valence electrons. The van der Waals surface area contributed by atoms with Gasteiger partial charge < -0.3 is 23.7 Å². The molecule has 3 aromatic carbocycles. The molecule has 2 unspecified atom stereocenters. The fourth-order valence-electron chi connectivity index (χ4n) is 8.18. The van der Waals surface area contributed by atoms with Crippen molar-refractivity contribution in [2.45, 2.75) is 83.0 Å². The highest BCUT2D eigenvalue weighted by Crippen LogP contribution is 2.55. The second-order valence-corrected chi connectivity index (χ2v) is 18.3. The minimum Gasteiger partial charge on any atom is -0.407 e. The summed E-state index contributed by atoms with van der Waals surface area (Å²) >= 11 is 0. The maximum atomic E-state index is 10.9. The molecule has 5 nitrogen and oxygen atoms in total. The Morgan fingerprint density at radius 1 is 0.860 bits per heavy atom. The van der Waals surface area contributed by atoms with Crippen LogP contribution in [0.1, 0.15) is 58.4 Å². The highest BCUT2D eigenvalue weighted by molar-refractivity contribution is 6.99. The van der Waals surface area contributed by atoms with Crippen LogP contribution in [0.25, 0.3) is 0 Å². The average Bonchev–Trinajstić information content (AvgIpc) is 3.30. The molecule has 2 heterocycles. The molecule has 0 bridgehead atoms. The van der Waals surface area contributed by atoms with Crippen LogP contribution in [-0.4, -0.2) is 51.9 Å². The number of benzene rings is 3. The van der Waals surface area contributed by atoms with E-state index in [1.165, 1.54) is 15.9 Å². The number of hydrogen-bond donors (Lipinski definition) is 1. The molecule has 2 saturated heterocycles. The third kappa shape index (κ3) is 6.28. The van der Waals surface area contributed by atoms with Crippen molar-refractivity contribution in [1.29, 1.82) is 0 Å². The molecule has 6 atom stereocenters. The lowest BCUT2D eigenvalue weighted by Gasteiger charge is -2.46. The van der Waals surface area contributed by atoms with E-state index in [9.17, 15) is 5.11 Å². The van der Waals surface area contributed by atoms with Gasteiger partial charge in [-0.2, -0.15) is 0 Å². The highest BCUT2D eigenvalue weighted by Gasteiger charge is 2.58. The van der Waals surface area contributed by atoms with Crippen molar-refractivity contribution in [3.8, 4) is 0 Å². The Balaban J connectivity index is 1.39. The Kier molecular flexibility index (Phi) is 9.25. The van der Waals surface area contributed by atoms with Gasteiger partial charge in [0, 0.05) is 31.0 Å². The molecule has 0 aromatic heterocycles. The zero-order chi connectivity index (χ0) is 29.9. The normalized spacial score (nSPS) is 29.7. The quantitative estimate of drug-likeness (QED) is 0.302. The van der Waals surface area contributed by atoms with Gasteiger partial charge in [-0.05, 0) is 59.0 Å². The first-order valence-corrected chi connectivity index (χ1v) is 18.1. The summed E-state index contributed by atoms with van der Waals surface area (Å²) in [4.78, 5) is 0. The smallest absolute Gasteiger partial charge is 0.261 e. The molecule has 2 aliphatic heterocycles. The summed E-state index contributed by atoms with van der Waals surface area (Å²) in [6.45, 7) is 8.83. The summed E-state index contributed by atoms with van der Waals surface area (Å²) in [5.74, 6) is 0.303. The Bertz CT molecular complexity index is 1250. The molecular weight excluding hydrogens is 552 g/mol. The minimum absolute atomic E-state index is 0.0380. The van der Waals surface area contributed by atoms with Crippen LogP contribution in [0, 0.1) is 17.3 Å². The van der Waals surface area contributed by atoms with Gasteiger partial charge in [0.1, 0.15) is 0 Å². The summed E-state index contributed by atoms with van der Waals surface area (Å²) in [7, 11) is -2.75. The van der Waals surface area contributed by atoms with E-state index in [0.717, 1.165) is 38.7 Å². The predicted molar refractivity (Wildman–Crippen MR) is 173 cm³/mol. The summed E-state index contributed by atoms with van der Waals surface area (Å²) in [5.41, 5.74) is 1.16. The van der Waals surface area contributed by atoms with E-state index in [1.54, 1.807) is 0 Å². The molecule has 6 heteroatoms. The second kappa shape index (κ2) is 13.0. The molecule has 3 aromatic rings. The van der Waals surface area contributed by atoms with Crippen LogP contribution in [0.2, 0.25) is 5.04 Å². The zero-order valence-electron chi connectivity index (χ0n) is 26.0. The van der Waals surface area contributed by atoms with Gasteiger partial charge in [0.15, 0.2) is 12.6 Å². The molecule has 3 aliphatic rings. The number of rotatable bonds is 9. The van der Waals surface area contributed by atoms with Gasteiger partial charge in [0.2, 0.25) is 0 Å². The van der Waals surface area contributed by atoms with Crippen molar-refractivity contribution in [3.05, 3.63) is 96.6 Å². The molecule has 6 rings (SSSR count). The van der Waals surface area contributed by atoms with Gasteiger partial charge in [0.05, 0.1) is 12.7 Å². The Labute approximate surface area is 258 Å². The summed E-state index contributed by atoms with van der Waals surface area (Å²) < 4.78 is 26.6. The molecule has 1 N–H and O–H groups in total. The molecule has 1 aliphatic carbocycles. The largest absolute Gasteiger partial charge is 0.407 e. The van der Waals surface area contributed by atoms with E-state index in [-0.39, 0.29) is 34.7 Å². The number of aliphatic hydroxyl groups excluding tert-OH is 1. The molecule has 3 fully saturated rings. The molecule has 1 saturated carbocycles. The van der Waals surface area contributed by atoms with Crippen molar-refractivity contribution in [3.63, 3.8) is 0 Å². The molecule has 0 amide bonds. The number of hydrogen-bond acceptors (Lipinski definition) is 5. The lowest BCUT2D eigenvalue weighted by Crippen LogP contribution is -2.67. The van der Waals surface area contributed by atoms with E-state index in [2.05, 4.69) is 112 Å². The SMILES string of the molecule is CC(C)(C)[Si](OC[C@@H]1[C@H]2CC(O)OC[C@@]2(Cc2ccccc2)C[C@H]1OC1CCCCO1)(c1ccccc1)c1ccccc1. The summed E-state index contributed by atoms with van der Waals surface area (Å²) in [5, 5.41) is 13.3. The van der Waals surface area contributed by atoms with Crippen LogP contribution in [0.3, 0.4) is 0 Å². The Morgan fingerprint density at radius 2 is 1.49 bits per heavy atom. The van der Waals surface area contributed by atoms with E-state index in [1.807, 2.05) is 0 Å². The zero-order valence-corrected chi connectivity index (χ0v) is 27.0. The van der Waals surface area contributed by atoms with E-state index < -0.39 is 14.6 Å². The second-order valence-electron chi connectivity index (χ2n) is 13.9. The molecular formula is C37H48O5Si. The van der Waals surface area contributed by atoms with Crippen LogP contribution in [0.4, 0.5) is 0 Å². The van der Waals surface area contributed by atoms with Crippen molar-refractivity contribution in [2.24, 2.45) is 17.3 Å². The van der Waals surface area contributed by atoms with E-state index >= 15 is 0 Å². The number of fused-ring (bicyclic) bond motifs is 1. The Hall–Kier alpha value is -2.32. The lowest BCUT2D eigenvalue weighted by molar-refractivity contribution is -0.198. The van der Waals surface area contributed by atoms with Crippen molar-refractivity contribution in [2.75, 3.05) is 19.8 Å². The maximum Gasteiger partial charge on any atom is 0.261 e. The number of aliphatic hydroxyl groups is 1. The summed E-state index contributed by atoms with van der Waals surface area (Å²) in [6.07, 6.45) is 4.50. The Morgan fingerprint density at radius 3 is 2.07 bits per heavy atom. The van der Waals surface area contributed by atoms with Crippen molar-refractivity contribution in [1.82, 2.24) is 0 Å². The van der Waals surface area contributed by atoms with E-state index in [4.69, 9.17) is 18.6 Å². The minimum atomic E-state index is -2.75. The van der Waals surface area contributed by atoms with Gasteiger partial charge >= 0.3 is 0 Å². The fraction of sp³-hybridized carbons (Fsp3) is 0.514. The third-order valence-corrected chi connectivity index (χ3v) is 15.2. The number of ether oxygens (including phenoxy) is 3. The first-order valence-electron chi connectivity index (χ1n) is 16.2. The van der Waals surface area contributed by atoms with Crippen LogP contribution in [0.15, 0.2) is 91.0 Å². The standard InChI is InChI=1S/C37H48O5Si/c1-36(2,3)43(29-17-9-5-10-18-29,30-19-11-6-12-20-30)41-26-31-32-23-34(38)40-27-37(32,24-28-15-7-4-8-16-28)25-33(31)42-35-21-13-14-22-39-35/h4-12,15-20,31-35,38H,13-14,21-27H2,1-3H3/t31-,32-,33-,34?,35?,37-/m1/s1. The predicted octanol–water partition coefficient (Wildman–Crippen LogP) is 6.08. The lowest BCUT2D eigenvalue weighted by atomic mass is 9.69. The van der Waals surface area contributed by atoms with Crippen LogP contribution >= 0.6 is 0 Å².